The van der Waals surface area contributed by atoms with E-state index in [9.17, 15) is 14.4 Å². The van der Waals surface area contributed by atoms with Crippen LogP contribution in [-0.2, 0) is 20.9 Å². The Labute approximate surface area is 199 Å². The molecule has 0 radical (unpaired) electrons. The SMILES string of the molecule is CC(=O)N1CCN(C(=O)CCNC(=O)C=Cc2c(C)nn(Cc3ccccc3Cl)c2C)CC1. The predicted octanol–water partition coefficient (Wildman–Crippen LogP) is 2.41. The van der Waals surface area contributed by atoms with Crippen LogP contribution in [0.2, 0.25) is 5.02 Å². The minimum absolute atomic E-state index is 0.0185. The fourth-order valence-electron chi connectivity index (χ4n) is 3.83. The second-order valence-electron chi connectivity index (χ2n) is 8.09. The molecule has 1 saturated heterocycles. The number of rotatable bonds is 7. The second kappa shape index (κ2) is 11.1. The Morgan fingerprint density at radius 1 is 1.09 bits per heavy atom. The zero-order valence-corrected chi connectivity index (χ0v) is 20.1. The number of halogens is 1. The Morgan fingerprint density at radius 2 is 1.76 bits per heavy atom. The van der Waals surface area contributed by atoms with Crippen molar-refractivity contribution in [1.29, 1.82) is 0 Å². The average molecular weight is 472 g/mol. The number of carbonyl (C=O) groups is 3. The molecule has 0 atom stereocenters. The normalized spacial score (nSPS) is 14.1. The number of aromatic nitrogens is 2. The predicted molar refractivity (Wildman–Crippen MR) is 128 cm³/mol. The summed E-state index contributed by atoms with van der Waals surface area (Å²) >= 11 is 6.26. The van der Waals surface area contributed by atoms with Gasteiger partial charge in [-0.15, -0.1) is 0 Å². The highest BCUT2D eigenvalue weighted by molar-refractivity contribution is 6.31. The maximum atomic E-state index is 12.3. The number of hydrogen-bond donors (Lipinski definition) is 1. The summed E-state index contributed by atoms with van der Waals surface area (Å²) in [5.41, 5.74) is 3.63. The van der Waals surface area contributed by atoms with Crippen LogP contribution >= 0.6 is 11.6 Å². The van der Waals surface area contributed by atoms with Gasteiger partial charge >= 0.3 is 0 Å². The number of benzene rings is 1. The first kappa shape index (κ1) is 24.5. The average Bonchev–Trinajstić information content (AvgIpc) is 3.06. The van der Waals surface area contributed by atoms with Gasteiger partial charge in [-0.25, -0.2) is 0 Å². The minimum atomic E-state index is -0.262. The summed E-state index contributed by atoms with van der Waals surface area (Å²) in [4.78, 5) is 39.4. The van der Waals surface area contributed by atoms with Gasteiger partial charge in [0.1, 0.15) is 0 Å². The smallest absolute Gasteiger partial charge is 0.244 e. The third kappa shape index (κ3) is 6.44. The molecule has 3 amide bonds. The highest BCUT2D eigenvalue weighted by Gasteiger charge is 2.22. The van der Waals surface area contributed by atoms with Gasteiger partial charge in [-0.3, -0.25) is 19.1 Å². The molecule has 0 spiro atoms. The fraction of sp³-hybridized carbons (Fsp3) is 0.417. The molecule has 3 rings (SSSR count). The molecule has 1 aromatic heterocycles. The van der Waals surface area contributed by atoms with Crippen molar-refractivity contribution in [1.82, 2.24) is 24.9 Å². The molecule has 1 aromatic carbocycles. The van der Waals surface area contributed by atoms with Gasteiger partial charge < -0.3 is 15.1 Å². The van der Waals surface area contributed by atoms with Gasteiger partial charge in [-0.05, 0) is 31.6 Å². The fourth-order valence-corrected chi connectivity index (χ4v) is 4.03. The van der Waals surface area contributed by atoms with Gasteiger partial charge in [-0.1, -0.05) is 29.8 Å². The Hall–Kier alpha value is -3.13. The van der Waals surface area contributed by atoms with Crippen LogP contribution in [-0.4, -0.2) is 70.0 Å². The molecule has 8 nitrogen and oxygen atoms in total. The maximum Gasteiger partial charge on any atom is 0.244 e. The number of aryl methyl sites for hydroxylation is 1. The molecule has 1 aliphatic rings. The quantitative estimate of drug-likeness (QED) is 0.628. The van der Waals surface area contributed by atoms with Crippen LogP contribution in [0.15, 0.2) is 30.3 Å². The molecular weight excluding hydrogens is 442 g/mol. The number of piperazine rings is 1. The van der Waals surface area contributed by atoms with Gasteiger partial charge in [0.2, 0.25) is 17.7 Å². The molecule has 1 fully saturated rings. The summed E-state index contributed by atoms with van der Waals surface area (Å²) in [6.45, 7) is 8.38. The number of hydrogen-bond acceptors (Lipinski definition) is 4. The van der Waals surface area contributed by atoms with Crippen molar-refractivity contribution in [3.8, 4) is 0 Å². The second-order valence-corrected chi connectivity index (χ2v) is 8.50. The van der Waals surface area contributed by atoms with Crippen molar-refractivity contribution in [3.05, 3.63) is 57.9 Å². The van der Waals surface area contributed by atoms with Crippen molar-refractivity contribution in [2.24, 2.45) is 0 Å². The van der Waals surface area contributed by atoms with Gasteiger partial charge in [0.25, 0.3) is 0 Å². The van der Waals surface area contributed by atoms with Crippen LogP contribution in [0.25, 0.3) is 6.08 Å². The first-order valence-corrected chi connectivity index (χ1v) is 11.4. The lowest BCUT2D eigenvalue weighted by Gasteiger charge is -2.34. The molecule has 33 heavy (non-hydrogen) atoms. The van der Waals surface area contributed by atoms with E-state index in [1.165, 1.54) is 13.0 Å². The van der Waals surface area contributed by atoms with Crippen LogP contribution in [0, 0.1) is 13.8 Å². The van der Waals surface area contributed by atoms with Crippen molar-refractivity contribution in [2.45, 2.75) is 33.7 Å². The minimum Gasteiger partial charge on any atom is -0.352 e. The van der Waals surface area contributed by atoms with E-state index in [2.05, 4.69) is 10.4 Å². The monoisotopic (exact) mass is 471 g/mol. The lowest BCUT2D eigenvalue weighted by Crippen LogP contribution is -2.50. The molecular formula is C24H30ClN5O3. The zero-order chi connectivity index (χ0) is 24.0. The molecule has 0 aliphatic carbocycles. The molecule has 0 bridgehead atoms. The lowest BCUT2D eigenvalue weighted by molar-refractivity contribution is -0.138. The van der Waals surface area contributed by atoms with Gasteiger partial charge in [0.05, 0.1) is 12.2 Å². The summed E-state index contributed by atoms with van der Waals surface area (Å²) < 4.78 is 1.87. The highest BCUT2D eigenvalue weighted by Crippen LogP contribution is 2.20. The van der Waals surface area contributed by atoms with Crippen LogP contribution in [0.5, 0.6) is 0 Å². The van der Waals surface area contributed by atoms with Crippen molar-refractivity contribution >= 4 is 35.4 Å². The number of nitrogens with zero attached hydrogens (tertiary/aromatic N) is 4. The number of nitrogens with one attached hydrogen (secondary N) is 1. The molecule has 2 aromatic rings. The van der Waals surface area contributed by atoms with E-state index in [1.54, 1.807) is 15.9 Å². The van der Waals surface area contributed by atoms with E-state index < -0.39 is 0 Å². The van der Waals surface area contributed by atoms with E-state index in [0.717, 1.165) is 22.5 Å². The highest BCUT2D eigenvalue weighted by atomic mass is 35.5. The third-order valence-electron chi connectivity index (χ3n) is 5.83. The van der Waals surface area contributed by atoms with Gasteiger partial charge in [0, 0.05) is 68.4 Å². The van der Waals surface area contributed by atoms with Crippen LogP contribution in [0.4, 0.5) is 0 Å². The van der Waals surface area contributed by atoms with E-state index in [1.807, 2.05) is 42.8 Å². The van der Waals surface area contributed by atoms with Crippen LogP contribution in [0.3, 0.4) is 0 Å². The number of amides is 3. The zero-order valence-electron chi connectivity index (χ0n) is 19.3. The van der Waals surface area contributed by atoms with Crippen LogP contribution < -0.4 is 5.32 Å². The Bertz CT molecular complexity index is 1050. The summed E-state index contributed by atoms with van der Waals surface area (Å²) in [7, 11) is 0. The summed E-state index contributed by atoms with van der Waals surface area (Å²) in [6.07, 6.45) is 3.44. The Balaban J connectivity index is 1.49. The van der Waals surface area contributed by atoms with Gasteiger partial charge in [0.15, 0.2) is 0 Å². The van der Waals surface area contributed by atoms with Gasteiger partial charge in [-0.2, -0.15) is 5.10 Å². The summed E-state index contributed by atoms with van der Waals surface area (Å²) in [5.74, 6) is -0.252. The third-order valence-corrected chi connectivity index (χ3v) is 6.20. The molecule has 2 heterocycles. The number of carbonyl (C=O) groups excluding carboxylic acids is 3. The van der Waals surface area contributed by atoms with Crippen molar-refractivity contribution in [3.63, 3.8) is 0 Å². The standard InChI is InChI=1S/C24H30ClN5O3/c1-17-21(18(2)30(27-17)16-20-6-4-5-7-22(20)25)8-9-23(32)26-11-10-24(33)29-14-12-28(13-15-29)19(3)31/h4-9H,10-16H2,1-3H3,(H,26,32). The molecule has 0 saturated carbocycles. The largest absolute Gasteiger partial charge is 0.352 e. The topological polar surface area (TPSA) is 87.5 Å². The first-order valence-electron chi connectivity index (χ1n) is 11.0. The molecule has 9 heteroatoms. The molecule has 0 unspecified atom stereocenters. The first-order chi connectivity index (χ1) is 15.8. The van der Waals surface area contributed by atoms with E-state index >= 15 is 0 Å². The molecule has 176 valence electrons. The Morgan fingerprint density at radius 3 is 2.42 bits per heavy atom. The lowest BCUT2D eigenvalue weighted by atomic mass is 10.1. The molecule has 1 N–H and O–H groups in total. The van der Waals surface area contributed by atoms with Crippen LogP contribution in [0.1, 0.15) is 35.9 Å². The van der Waals surface area contributed by atoms with Crippen molar-refractivity contribution in [2.75, 3.05) is 32.7 Å². The summed E-state index contributed by atoms with van der Waals surface area (Å²) in [5, 5.41) is 8.03. The van der Waals surface area contributed by atoms with E-state index in [-0.39, 0.29) is 30.7 Å². The summed E-state index contributed by atoms with van der Waals surface area (Å²) in [6, 6.07) is 7.65. The maximum absolute atomic E-state index is 12.3. The molecule has 1 aliphatic heterocycles. The Kier molecular flexibility index (Phi) is 8.27. The van der Waals surface area contributed by atoms with Crippen molar-refractivity contribution < 1.29 is 14.4 Å². The van der Waals surface area contributed by atoms with E-state index in [0.29, 0.717) is 37.7 Å². The van der Waals surface area contributed by atoms with E-state index in [4.69, 9.17) is 11.6 Å².